The Kier molecular flexibility index (Phi) is 5.75. The molecule has 3 N–H and O–H groups in total. The summed E-state index contributed by atoms with van der Waals surface area (Å²) < 4.78 is 13.7. The number of ether oxygens (including phenoxy) is 2. The van der Waals surface area contributed by atoms with Crippen molar-refractivity contribution in [2.24, 2.45) is 5.84 Å². The molecule has 0 aromatic carbocycles. The van der Waals surface area contributed by atoms with E-state index in [-0.39, 0.29) is 11.6 Å². The first-order valence-corrected chi connectivity index (χ1v) is 7.86. The van der Waals surface area contributed by atoms with Gasteiger partial charge in [-0.3, -0.25) is 16.0 Å². The van der Waals surface area contributed by atoms with Crippen molar-refractivity contribution in [2.45, 2.75) is 58.2 Å². The van der Waals surface area contributed by atoms with Crippen LogP contribution in [0.15, 0.2) is 6.07 Å². The summed E-state index contributed by atoms with van der Waals surface area (Å²) in [6, 6.07) is 2.19. The smallest absolute Gasteiger partial charge is 0.0895 e. The maximum absolute atomic E-state index is 6.12. The molecular formula is C15H28N4O2. The van der Waals surface area contributed by atoms with Gasteiger partial charge in [0.25, 0.3) is 0 Å². The molecule has 0 radical (unpaired) electrons. The number of nitrogens with two attached hydrogens (primary N) is 1. The zero-order valence-corrected chi connectivity index (χ0v) is 13.4. The zero-order valence-electron chi connectivity index (χ0n) is 13.4. The molecule has 0 aliphatic carbocycles. The number of aromatic nitrogens is 2. The van der Waals surface area contributed by atoms with Crippen molar-refractivity contribution in [1.82, 2.24) is 15.2 Å². The Morgan fingerprint density at radius 1 is 1.48 bits per heavy atom. The van der Waals surface area contributed by atoms with Crippen LogP contribution >= 0.6 is 0 Å². The van der Waals surface area contributed by atoms with E-state index in [4.69, 9.17) is 15.3 Å². The Hall–Kier alpha value is -0.950. The fourth-order valence-electron chi connectivity index (χ4n) is 3.24. The molecule has 2 rings (SSSR count). The summed E-state index contributed by atoms with van der Waals surface area (Å²) in [6.07, 6.45) is 2.55. The highest BCUT2D eigenvalue weighted by Crippen LogP contribution is 2.30. The molecule has 0 spiro atoms. The van der Waals surface area contributed by atoms with E-state index in [1.54, 1.807) is 0 Å². The molecule has 0 saturated carbocycles. The Morgan fingerprint density at radius 3 is 2.76 bits per heavy atom. The summed E-state index contributed by atoms with van der Waals surface area (Å²) in [5.74, 6) is 5.86. The van der Waals surface area contributed by atoms with Crippen LogP contribution in [0.3, 0.4) is 0 Å². The lowest BCUT2D eigenvalue weighted by atomic mass is 9.83. The van der Waals surface area contributed by atoms with Gasteiger partial charge in [-0.15, -0.1) is 0 Å². The molecule has 1 fully saturated rings. The van der Waals surface area contributed by atoms with Gasteiger partial charge in [-0.05, 0) is 26.8 Å². The molecule has 0 bridgehead atoms. The van der Waals surface area contributed by atoms with Crippen molar-refractivity contribution in [3.05, 3.63) is 17.5 Å². The van der Waals surface area contributed by atoms with Gasteiger partial charge in [0, 0.05) is 51.3 Å². The SMILES string of the molecule is CCOC1(C(Cc2cc(C)nn2CC)NN)CCOCC1. The predicted octanol–water partition coefficient (Wildman–Crippen LogP) is 1.17. The monoisotopic (exact) mass is 296 g/mol. The average molecular weight is 296 g/mol. The third kappa shape index (κ3) is 3.63. The number of hydrogen-bond acceptors (Lipinski definition) is 5. The third-order valence-corrected chi connectivity index (χ3v) is 4.31. The fourth-order valence-corrected chi connectivity index (χ4v) is 3.24. The van der Waals surface area contributed by atoms with Gasteiger partial charge in [0.15, 0.2) is 0 Å². The summed E-state index contributed by atoms with van der Waals surface area (Å²) >= 11 is 0. The van der Waals surface area contributed by atoms with Crippen LogP contribution in [0.25, 0.3) is 0 Å². The number of nitrogens with zero attached hydrogens (tertiary/aromatic N) is 2. The lowest BCUT2D eigenvalue weighted by Gasteiger charge is -2.42. The zero-order chi connectivity index (χ0) is 15.3. The highest BCUT2D eigenvalue weighted by Gasteiger charge is 2.41. The molecule has 1 saturated heterocycles. The topological polar surface area (TPSA) is 74.3 Å². The number of hydrogen-bond donors (Lipinski definition) is 2. The largest absolute Gasteiger partial charge is 0.381 e. The van der Waals surface area contributed by atoms with Gasteiger partial charge in [-0.1, -0.05) is 0 Å². The lowest BCUT2D eigenvalue weighted by molar-refractivity contribution is -0.126. The summed E-state index contributed by atoms with van der Waals surface area (Å²) in [4.78, 5) is 0. The Labute approximate surface area is 126 Å². The first kappa shape index (κ1) is 16.4. The molecule has 120 valence electrons. The molecule has 1 aromatic rings. The second kappa shape index (κ2) is 7.35. The van der Waals surface area contributed by atoms with Crippen LogP contribution in [-0.2, 0) is 22.4 Å². The van der Waals surface area contributed by atoms with Gasteiger partial charge in [0.05, 0.1) is 17.3 Å². The van der Waals surface area contributed by atoms with Crippen LogP contribution in [0.2, 0.25) is 0 Å². The quantitative estimate of drug-likeness (QED) is 0.583. The van der Waals surface area contributed by atoms with Crippen LogP contribution in [0, 0.1) is 6.92 Å². The molecule has 1 aromatic heterocycles. The van der Waals surface area contributed by atoms with Gasteiger partial charge >= 0.3 is 0 Å². The highest BCUT2D eigenvalue weighted by atomic mass is 16.5. The van der Waals surface area contributed by atoms with Gasteiger partial charge in [-0.2, -0.15) is 5.10 Å². The standard InChI is InChI=1S/C15H28N4O2/c1-4-19-13(10-12(3)18-19)11-14(17-16)15(21-5-2)6-8-20-9-7-15/h10,14,17H,4-9,11,16H2,1-3H3. The summed E-state index contributed by atoms with van der Waals surface area (Å²) in [5.41, 5.74) is 4.97. The second-order valence-corrected chi connectivity index (χ2v) is 5.63. The number of rotatable bonds is 7. The fraction of sp³-hybridized carbons (Fsp3) is 0.800. The van der Waals surface area contributed by atoms with Gasteiger partial charge in [0.1, 0.15) is 0 Å². The maximum Gasteiger partial charge on any atom is 0.0895 e. The van der Waals surface area contributed by atoms with E-state index in [0.29, 0.717) is 6.61 Å². The Balaban J connectivity index is 2.19. The van der Waals surface area contributed by atoms with Crippen molar-refractivity contribution in [2.75, 3.05) is 19.8 Å². The first-order chi connectivity index (χ1) is 10.1. The Bertz CT molecular complexity index is 435. The number of hydrazine groups is 1. The molecule has 6 heteroatoms. The minimum absolute atomic E-state index is 0.0581. The first-order valence-electron chi connectivity index (χ1n) is 7.86. The van der Waals surface area contributed by atoms with Gasteiger partial charge in [0.2, 0.25) is 0 Å². The van der Waals surface area contributed by atoms with Gasteiger partial charge < -0.3 is 9.47 Å². The van der Waals surface area contributed by atoms with Crippen molar-refractivity contribution in [3.8, 4) is 0 Å². The van der Waals surface area contributed by atoms with Crippen LogP contribution in [0.5, 0.6) is 0 Å². The second-order valence-electron chi connectivity index (χ2n) is 5.63. The molecular weight excluding hydrogens is 268 g/mol. The van der Waals surface area contributed by atoms with Crippen LogP contribution in [0.4, 0.5) is 0 Å². The van der Waals surface area contributed by atoms with Crippen molar-refractivity contribution < 1.29 is 9.47 Å². The predicted molar refractivity (Wildman–Crippen MR) is 81.9 cm³/mol. The van der Waals surface area contributed by atoms with Gasteiger partial charge in [-0.25, -0.2) is 0 Å². The van der Waals surface area contributed by atoms with Crippen LogP contribution in [-0.4, -0.2) is 41.2 Å². The molecule has 1 aliphatic heterocycles. The lowest BCUT2D eigenvalue weighted by Crippen LogP contribution is -2.58. The van der Waals surface area contributed by atoms with E-state index < -0.39 is 0 Å². The highest BCUT2D eigenvalue weighted by molar-refractivity contribution is 5.12. The minimum atomic E-state index is -0.251. The molecule has 0 amide bonds. The van der Waals surface area contributed by atoms with Crippen LogP contribution < -0.4 is 11.3 Å². The van der Waals surface area contributed by atoms with E-state index >= 15 is 0 Å². The molecule has 21 heavy (non-hydrogen) atoms. The molecule has 1 atom stereocenters. The van der Waals surface area contributed by atoms with E-state index in [1.165, 1.54) is 5.69 Å². The van der Waals surface area contributed by atoms with E-state index in [2.05, 4.69) is 23.5 Å². The Morgan fingerprint density at radius 2 is 2.19 bits per heavy atom. The van der Waals surface area contributed by atoms with Crippen molar-refractivity contribution in [3.63, 3.8) is 0 Å². The summed E-state index contributed by atoms with van der Waals surface area (Å²) in [6.45, 7) is 9.16. The van der Waals surface area contributed by atoms with E-state index in [1.807, 2.05) is 18.5 Å². The van der Waals surface area contributed by atoms with E-state index in [0.717, 1.165) is 44.7 Å². The minimum Gasteiger partial charge on any atom is -0.381 e. The average Bonchev–Trinajstić information content (AvgIpc) is 2.85. The molecule has 1 unspecified atom stereocenters. The maximum atomic E-state index is 6.12. The van der Waals surface area contributed by atoms with E-state index in [9.17, 15) is 0 Å². The van der Waals surface area contributed by atoms with Crippen LogP contribution in [0.1, 0.15) is 38.1 Å². The molecule has 2 heterocycles. The number of nitrogens with one attached hydrogen (secondary N) is 1. The number of aryl methyl sites for hydroxylation is 2. The van der Waals surface area contributed by atoms with Crippen molar-refractivity contribution >= 4 is 0 Å². The normalized spacial score (nSPS) is 19.6. The summed E-state index contributed by atoms with van der Waals surface area (Å²) in [7, 11) is 0. The molecule has 6 nitrogen and oxygen atoms in total. The van der Waals surface area contributed by atoms with Crippen molar-refractivity contribution in [1.29, 1.82) is 0 Å². The third-order valence-electron chi connectivity index (χ3n) is 4.31. The summed E-state index contributed by atoms with van der Waals surface area (Å²) in [5, 5.41) is 4.51. The molecule has 1 aliphatic rings.